The number of carbonyl (C=O) groups is 1. The van der Waals surface area contributed by atoms with E-state index in [0.717, 1.165) is 51.6 Å². The molecule has 0 aromatic rings. The highest BCUT2D eigenvalue weighted by Gasteiger charge is 2.45. The van der Waals surface area contributed by atoms with Gasteiger partial charge in [-0.2, -0.15) is 0 Å². The van der Waals surface area contributed by atoms with Crippen LogP contribution in [0.15, 0.2) is 0 Å². The largest absolute Gasteiger partial charge is 0.462 e. The van der Waals surface area contributed by atoms with Gasteiger partial charge >= 0.3 is 5.97 Å². The van der Waals surface area contributed by atoms with E-state index in [1.54, 1.807) is 0 Å². The molecule has 3 aliphatic rings. The fraction of sp³-hybridized carbons (Fsp3) is 0.974. The second kappa shape index (κ2) is 14.6. The Kier molecular flexibility index (Phi) is 12.6. The van der Waals surface area contributed by atoms with Crippen LogP contribution >= 0.6 is 0 Å². The molecule has 0 aromatic heterocycles. The highest BCUT2D eigenvalue weighted by molar-refractivity contribution is 5.69. The minimum absolute atomic E-state index is 0.00503. The molecule has 46 heavy (non-hydrogen) atoms. The number of hydrogen-bond donors (Lipinski definition) is 2. The number of nitrogens with zero attached hydrogens (tertiary/aromatic N) is 3. The molecular weight excluding hydrogens is 570 g/mol. The normalized spacial score (nSPS) is 27.8. The fourth-order valence-electron chi connectivity index (χ4n) is 9.51. The Hall–Kier alpha value is -0.730. The Labute approximate surface area is 285 Å². The Morgan fingerprint density at radius 3 is 1.43 bits per heavy atom. The van der Waals surface area contributed by atoms with Gasteiger partial charge < -0.3 is 15.4 Å². The predicted octanol–water partition coefficient (Wildman–Crippen LogP) is 7.23. The number of piperidine rings is 3. The molecule has 0 amide bonds. The zero-order valence-corrected chi connectivity index (χ0v) is 33.2. The summed E-state index contributed by atoms with van der Waals surface area (Å²) in [6.07, 6.45) is 11.4. The molecule has 3 rings (SSSR count). The minimum Gasteiger partial charge on any atom is -0.462 e. The summed E-state index contributed by atoms with van der Waals surface area (Å²) in [6.45, 7) is 30.2. The number of ether oxygens (including phenoxy) is 1. The van der Waals surface area contributed by atoms with Crippen molar-refractivity contribution in [2.24, 2.45) is 5.92 Å². The van der Waals surface area contributed by atoms with Crippen LogP contribution in [-0.2, 0) is 9.53 Å². The smallest absolute Gasteiger partial charge is 0.306 e. The van der Waals surface area contributed by atoms with E-state index in [9.17, 15) is 4.79 Å². The number of rotatable bonds is 13. The van der Waals surface area contributed by atoms with Crippen molar-refractivity contribution in [3.63, 3.8) is 0 Å². The molecule has 0 bridgehead atoms. The van der Waals surface area contributed by atoms with E-state index in [0.29, 0.717) is 24.4 Å². The summed E-state index contributed by atoms with van der Waals surface area (Å²) in [7, 11) is 6.76. The van der Waals surface area contributed by atoms with E-state index < -0.39 is 0 Å². The van der Waals surface area contributed by atoms with E-state index in [4.69, 9.17) is 4.74 Å². The third-order valence-corrected chi connectivity index (χ3v) is 13.1. The first-order valence-corrected chi connectivity index (χ1v) is 18.8. The maximum atomic E-state index is 13.2. The molecule has 2 N–H and O–H groups in total. The standard InChI is InChI=1S/C39H77N5O2/c1-34(2)22-30(23-35(3,4)42(34)13)40-21-17-16-18-29(28-41-31-24-36(5,6)43(14)37(7,8)25-31)19-20-33(45)46-32-26-38(9,10)44(15)39(11,12)27-32/h29-32,40-41H,16-28H2,1-15H3. The second-order valence-corrected chi connectivity index (χ2v) is 19.5. The molecule has 1 unspecified atom stereocenters. The van der Waals surface area contributed by atoms with Crippen molar-refractivity contribution in [1.82, 2.24) is 25.3 Å². The topological polar surface area (TPSA) is 60.1 Å². The van der Waals surface area contributed by atoms with Crippen LogP contribution in [0.1, 0.15) is 154 Å². The van der Waals surface area contributed by atoms with Crippen molar-refractivity contribution in [2.75, 3.05) is 34.2 Å². The summed E-state index contributed by atoms with van der Waals surface area (Å²) in [5, 5.41) is 7.92. The van der Waals surface area contributed by atoms with E-state index in [-0.39, 0.29) is 45.3 Å². The van der Waals surface area contributed by atoms with Gasteiger partial charge in [0.2, 0.25) is 0 Å². The van der Waals surface area contributed by atoms with Crippen LogP contribution in [0.3, 0.4) is 0 Å². The van der Waals surface area contributed by atoms with Crippen molar-refractivity contribution in [1.29, 1.82) is 0 Å². The molecule has 3 fully saturated rings. The van der Waals surface area contributed by atoms with E-state index in [2.05, 4.69) is 130 Å². The maximum Gasteiger partial charge on any atom is 0.306 e. The summed E-state index contributed by atoms with van der Waals surface area (Å²) >= 11 is 0. The van der Waals surface area contributed by atoms with Gasteiger partial charge in [0.05, 0.1) is 0 Å². The first-order valence-electron chi connectivity index (χ1n) is 18.8. The lowest BCUT2D eigenvalue weighted by atomic mass is 9.77. The van der Waals surface area contributed by atoms with Gasteiger partial charge in [-0.15, -0.1) is 0 Å². The third-order valence-electron chi connectivity index (χ3n) is 13.1. The van der Waals surface area contributed by atoms with Crippen LogP contribution in [0, 0.1) is 5.92 Å². The molecule has 7 heteroatoms. The minimum atomic E-state index is -0.0122. The number of hydrogen-bond acceptors (Lipinski definition) is 7. The molecule has 270 valence electrons. The van der Waals surface area contributed by atoms with Gasteiger partial charge in [-0.25, -0.2) is 0 Å². The highest BCUT2D eigenvalue weighted by Crippen LogP contribution is 2.40. The lowest BCUT2D eigenvalue weighted by molar-refractivity contribution is -0.159. The molecule has 0 spiro atoms. The van der Waals surface area contributed by atoms with E-state index >= 15 is 0 Å². The molecule has 3 saturated heterocycles. The quantitative estimate of drug-likeness (QED) is 0.162. The van der Waals surface area contributed by atoms with Crippen LogP contribution < -0.4 is 10.6 Å². The number of likely N-dealkylation sites (tertiary alicyclic amines) is 3. The molecule has 7 nitrogen and oxygen atoms in total. The second-order valence-electron chi connectivity index (χ2n) is 19.5. The molecular formula is C39H77N5O2. The summed E-state index contributed by atoms with van der Waals surface area (Å²) < 4.78 is 6.17. The van der Waals surface area contributed by atoms with Crippen molar-refractivity contribution < 1.29 is 9.53 Å². The molecule has 0 saturated carbocycles. The molecule has 0 aromatic carbocycles. The van der Waals surface area contributed by atoms with Crippen LogP contribution in [0.5, 0.6) is 0 Å². The van der Waals surface area contributed by atoms with Crippen LogP contribution in [0.2, 0.25) is 0 Å². The van der Waals surface area contributed by atoms with Crippen molar-refractivity contribution >= 4 is 5.97 Å². The van der Waals surface area contributed by atoms with Crippen LogP contribution in [0.25, 0.3) is 0 Å². The number of unbranched alkanes of at least 4 members (excludes halogenated alkanes) is 1. The Morgan fingerprint density at radius 1 is 0.609 bits per heavy atom. The van der Waals surface area contributed by atoms with Gasteiger partial charge in [0.1, 0.15) is 6.10 Å². The lowest BCUT2D eigenvalue weighted by Crippen LogP contribution is -2.62. The Bertz CT molecular complexity index is 948. The fourth-order valence-corrected chi connectivity index (χ4v) is 9.51. The molecule has 3 heterocycles. The first kappa shape index (κ1) is 39.7. The Morgan fingerprint density at radius 2 is 1.00 bits per heavy atom. The van der Waals surface area contributed by atoms with Crippen LogP contribution in [-0.4, -0.2) is 106 Å². The Balaban J connectivity index is 1.54. The van der Waals surface area contributed by atoms with Crippen molar-refractivity contribution in [2.45, 2.75) is 205 Å². The summed E-state index contributed by atoms with van der Waals surface area (Å²) in [5.41, 5.74) is 0.777. The average molecular weight is 648 g/mol. The lowest BCUT2D eigenvalue weighted by Gasteiger charge is -2.54. The average Bonchev–Trinajstić information content (AvgIpc) is 2.89. The van der Waals surface area contributed by atoms with Gasteiger partial charge in [-0.1, -0.05) is 6.42 Å². The third kappa shape index (κ3) is 10.2. The summed E-state index contributed by atoms with van der Waals surface area (Å²) in [4.78, 5) is 20.8. The zero-order chi connectivity index (χ0) is 34.9. The number of nitrogens with one attached hydrogen (secondary N) is 2. The predicted molar refractivity (Wildman–Crippen MR) is 196 cm³/mol. The summed E-state index contributed by atoms with van der Waals surface area (Å²) in [6, 6.07) is 1.07. The highest BCUT2D eigenvalue weighted by atomic mass is 16.5. The van der Waals surface area contributed by atoms with E-state index in [1.165, 1.54) is 25.7 Å². The number of carbonyl (C=O) groups excluding carboxylic acids is 1. The maximum absolute atomic E-state index is 13.2. The van der Waals surface area contributed by atoms with Gasteiger partial charge in [0.15, 0.2) is 0 Å². The molecule has 0 radical (unpaired) electrons. The zero-order valence-electron chi connectivity index (χ0n) is 33.2. The van der Waals surface area contributed by atoms with Gasteiger partial charge in [-0.3, -0.25) is 19.5 Å². The van der Waals surface area contributed by atoms with Crippen molar-refractivity contribution in [3.05, 3.63) is 0 Å². The van der Waals surface area contributed by atoms with Gasteiger partial charge in [0, 0.05) is 64.6 Å². The van der Waals surface area contributed by atoms with Gasteiger partial charge in [-0.05, 0) is 168 Å². The molecule has 1 atom stereocenters. The van der Waals surface area contributed by atoms with Gasteiger partial charge in [0.25, 0.3) is 0 Å². The first-order chi connectivity index (χ1) is 20.9. The SMILES string of the molecule is CN1C(C)(C)CC(NCCCCC(CCC(=O)OC2CC(C)(C)N(C)C(C)(C)C2)CNC2CC(C)(C)N(C)C(C)(C)C2)CC1(C)C. The van der Waals surface area contributed by atoms with Crippen LogP contribution in [0.4, 0.5) is 0 Å². The van der Waals surface area contributed by atoms with Crippen molar-refractivity contribution in [3.8, 4) is 0 Å². The summed E-state index contributed by atoms with van der Waals surface area (Å²) in [5.74, 6) is 0.465. The molecule has 3 aliphatic heterocycles. The monoisotopic (exact) mass is 648 g/mol. The van der Waals surface area contributed by atoms with E-state index in [1.807, 2.05) is 0 Å². The molecule has 0 aliphatic carbocycles. The number of esters is 1.